The Bertz CT molecular complexity index is 363. The predicted molar refractivity (Wildman–Crippen MR) is 62.0 cm³/mol. The zero-order valence-electron chi connectivity index (χ0n) is 9.72. The maximum atomic E-state index is 11.5. The standard InChI is InChI=1S/C13H17NO2/c1-10(11-6-4-3-5-7-11)14-9-8-12(14)13(15)16-2/h3-7,10,12H,8-9H2,1-2H3/t10-,12+/m0/s1. The van der Waals surface area contributed by atoms with Crippen molar-refractivity contribution < 1.29 is 9.53 Å². The van der Waals surface area contributed by atoms with Crippen molar-refractivity contribution in [3.05, 3.63) is 35.9 Å². The van der Waals surface area contributed by atoms with Crippen LogP contribution in [-0.4, -0.2) is 30.6 Å². The molecule has 0 saturated carbocycles. The molecule has 3 heteroatoms. The summed E-state index contributed by atoms with van der Waals surface area (Å²) in [5.74, 6) is -0.117. The average molecular weight is 219 g/mol. The van der Waals surface area contributed by atoms with Gasteiger partial charge in [-0.15, -0.1) is 0 Å². The zero-order valence-corrected chi connectivity index (χ0v) is 9.72. The summed E-state index contributed by atoms with van der Waals surface area (Å²) >= 11 is 0. The molecule has 2 atom stereocenters. The van der Waals surface area contributed by atoms with Gasteiger partial charge in [0.25, 0.3) is 0 Å². The number of likely N-dealkylation sites (tertiary alicyclic amines) is 1. The van der Waals surface area contributed by atoms with Gasteiger partial charge in [-0.25, -0.2) is 0 Å². The number of nitrogens with zero attached hydrogens (tertiary/aromatic N) is 1. The molecule has 86 valence electrons. The molecule has 1 aromatic carbocycles. The number of hydrogen-bond acceptors (Lipinski definition) is 3. The second-order valence-corrected chi connectivity index (χ2v) is 4.15. The van der Waals surface area contributed by atoms with Gasteiger partial charge in [-0.2, -0.15) is 0 Å². The van der Waals surface area contributed by atoms with E-state index in [0.29, 0.717) is 0 Å². The van der Waals surface area contributed by atoms with Crippen molar-refractivity contribution in [3.63, 3.8) is 0 Å². The third kappa shape index (κ3) is 1.95. The van der Waals surface area contributed by atoms with Gasteiger partial charge >= 0.3 is 5.97 Å². The molecule has 0 spiro atoms. The van der Waals surface area contributed by atoms with Gasteiger partial charge in [-0.05, 0) is 18.9 Å². The third-order valence-corrected chi connectivity index (χ3v) is 3.31. The van der Waals surface area contributed by atoms with Gasteiger partial charge in [0.15, 0.2) is 0 Å². The summed E-state index contributed by atoms with van der Waals surface area (Å²) in [6, 6.07) is 10.5. The highest BCUT2D eigenvalue weighted by molar-refractivity contribution is 5.76. The van der Waals surface area contributed by atoms with E-state index in [0.717, 1.165) is 13.0 Å². The molecule has 1 aromatic rings. The second-order valence-electron chi connectivity index (χ2n) is 4.15. The van der Waals surface area contributed by atoms with Crippen molar-refractivity contribution in [3.8, 4) is 0 Å². The predicted octanol–water partition coefficient (Wildman–Crippen LogP) is 1.99. The number of carbonyl (C=O) groups is 1. The fourth-order valence-corrected chi connectivity index (χ4v) is 2.18. The van der Waals surface area contributed by atoms with Gasteiger partial charge in [0.2, 0.25) is 0 Å². The Morgan fingerprint density at radius 3 is 2.62 bits per heavy atom. The van der Waals surface area contributed by atoms with Crippen LogP contribution in [-0.2, 0) is 9.53 Å². The Morgan fingerprint density at radius 1 is 1.44 bits per heavy atom. The molecule has 3 nitrogen and oxygen atoms in total. The van der Waals surface area contributed by atoms with Gasteiger partial charge in [-0.1, -0.05) is 30.3 Å². The van der Waals surface area contributed by atoms with E-state index in [4.69, 9.17) is 4.74 Å². The molecule has 0 aliphatic carbocycles. The zero-order chi connectivity index (χ0) is 11.5. The number of rotatable bonds is 3. The summed E-state index contributed by atoms with van der Waals surface area (Å²) in [6.45, 7) is 3.10. The maximum Gasteiger partial charge on any atom is 0.323 e. The van der Waals surface area contributed by atoms with Crippen molar-refractivity contribution in [2.45, 2.75) is 25.4 Å². The fourth-order valence-electron chi connectivity index (χ4n) is 2.18. The molecule has 1 saturated heterocycles. The minimum atomic E-state index is -0.117. The van der Waals surface area contributed by atoms with E-state index >= 15 is 0 Å². The van der Waals surface area contributed by atoms with Gasteiger partial charge in [0, 0.05) is 12.6 Å². The van der Waals surface area contributed by atoms with Crippen molar-refractivity contribution in [1.29, 1.82) is 0 Å². The fraction of sp³-hybridized carbons (Fsp3) is 0.462. The van der Waals surface area contributed by atoms with Crippen LogP contribution in [0.25, 0.3) is 0 Å². The lowest BCUT2D eigenvalue weighted by Crippen LogP contribution is -2.53. The Labute approximate surface area is 96.0 Å². The van der Waals surface area contributed by atoms with E-state index in [2.05, 4.69) is 24.0 Å². The van der Waals surface area contributed by atoms with Crippen LogP contribution in [0.5, 0.6) is 0 Å². The van der Waals surface area contributed by atoms with E-state index in [-0.39, 0.29) is 18.1 Å². The summed E-state index contributed by atoms with van der Waals surface area (Å²) in [5, 5.41) is 0. The van der Waals surface area contributed by atoms with Crippen LogP contribution in [0.3, 0.4) is 0 Å². The molecule has 16 heavy (non-hydrogen) atoms. The van der Waals surface area contributed by atoms with E-state index < -0.39 is 0 Å². The molecular formula is C13H17NO2. The van der Waals surface area contributed by atoms with Crippen LogP contribution in [0.4, 0.5) is 0 Å². The monoisotopic (exact) mass is 219 g/mol. The summed E-state index contributed by atoms with van der Waals surface area (Å²) in [5.41, 5.74) is 1.25. The van der Waals surface area contributed by atoms with Crippen molar-refractivity contribution >= 4 is 5.97 Å². The molecule has 1 fully saturated rings. The minimum Gasteiger partial charge on any atom is -0.468 e. The summed E-state index contributed by atoms with van der Waals surface area (Å²) in [4.78, 5) is 13.7. The third-order valence-electron chi connectivity index (χ3n) is 3.31. The molecule has 0 aromatic heterocycles. The molecule has 1 heterocycles. The Kier molecular flexibility index (Phi) is 3.25. The van der Waals surface area contributed by atoms with E-state index in [1.165, 1.54) is 12.7 Å². The maximum absolute atomic E-state index is 11.5. The summed E-state index contributed by atoms with van der Waals surface area (Å²) < 4.78 is 4.79. The van der Waals surface area contributed by atoms with Gasteiger partial charge in [0.05, 0.1) is 7.11 Å². The van der Waals surface area contributed by atoms with E-state index in [1.54, 1.807) is 0 Å². The molecule has 1 aliphatic heterocycles. The molecule has 2 rings (SSSR count). The van der Waals surface area contributed by atoms with Crippen LogP contribution in [0.2, 0.25) is 0 Å². The molecular weight excluding hydrogens is 202 g/mol. The van der Waals surface area contributed by atoms with Crippen LogP contribution in [0.1, 0.15) is 24.9 Å². The van der Waals surface area contributed by atoms with Gasteiger partial charge < -0.3 is 4.74 Å². The number of ether oxygens (including phenoxy) is 1. The number of benzene rings is 1. The lowest BCUT2D eigenvalue weighted by Gasteiger charge is -2.43. The van der Waals surface area contributed by atoms with Crippen LogP contribution in [0, 0.1) is 0 Å². The molecule has 0 bridgehead atoms. The molecule has 0 N–H and O–H groups in total. The highest BCUT2D eigenvalue weighted by Gasteiger charge is 2.38. The first kappa shape index (κ1) is 11.1. The smallest absolute Gasteiger partial charge is 0.323 e. The minimum absolute atomic E-state index is 0.0554. The van der Waals surface area contributed by atoms with Crippen molar-refractivity contribution in [2.24, 2.45) is 0 Å². The van der Waals surface area contributed by atoms with Crippen LogP contribution < -0.4 is 0 Å². The highest BCUT2D eigenvalue weighted by Crippen LogP contribution is 2.30. The SMILES string of the molecule is COC(=O)[C@H]1CCN1[C@@H](C)c1ccccc1. The number of carbonyl (C=O) groups excluding carboxylic acids is 1. The Morgan fingerprint density at radius 2 is 2.12 bits per heavy atom. The second kappa shape index (κ2) is 4.66. The first-order valence-corrected chi connectivity index (χ1v) is 5.62. The van der Waals surface area contributed by atoms with Crippen LogP contribution in [0.15, 0.2) is 30.3 Å². The summed E-state index contributed by atoms with van der Waals surface area (Å²) in [6.07, 6.45) is 0.907. The quantitative estimate of drug-likeness (QED) is 0.728. The van der Waals surface area contributed by atoms with Crippen molar-refractivity contribution in [1.82, 2.24) is 4.90 Å². The highest BCUT2D eigenvalue weighted by atomic mass is 16.5. The largest absolute Gasteiger partial charge is 0.468 e. The lowest BCUT2D eigenvalue weighted by atomic mass is 9.96. The van der Waals surface area contributed by atoms with Crippen LogP contribution >= 0.6 is 0 Å². The van der Waals surface area contributed by atoms with E-state index in [1.807, 2.05) is 18.2 Å². The number of hydrogen-bond donors (Lipinski definition) is 0. The van der Waals surface area contributed by atoms with E-state index in [9.17, 15) is 4.79 Å². The van der Waals surface area contributed by atoms with Gasteiger partial charge in [-0.3, -0.25) is 9.69 Å². The Hall–Kier alpha value is -1.35. The molecule has 0 radical (unpaired) electrons. The topological polar surface area (TPSA) is 29.5 Å². The lowest BCUT2D eigenvalue weighted by molar-refractivity contribution is -0.153. The number of methoxy groups -OCH3 is 1. The molecule has 0 amide bonds. The molecule has 0 unspecified atom stereocenters. The van der Waals surface area contributed by atoms with Crippen molar-refractivity contribution in [2.75, 3.05) is 13.7 Å². The summed E-state index contributed by atoms with van der Waals surface area (Å²) in [7, 11) is 1.45. The number of esters is 1. The molecule has 1 aliphatic rings. The average Bonchev–Trinajstić information content (AvgIpc) is 2.28. The normalized spacial score (nSPS) is 22.2. The first-order valence-electron chi connectivity index (χ1n) is 5.62. The van der Waals surface area contributed by atoms with Gasteiger partial charge in [0.1, 0.15) is 6.04 Å². The Balaban J connectivity index is 2.06. The first-order chi connectivity index (χ1) is 7.74.